The average Bonchev–Trinajstić information content (AvgIpc) is 2.63. The second kappa shape index (κ2) is 8.24. The number of allylic oxidation sites excluding steroid dienone is 5. The van der Waals surface area contributed by atoms with E-state index in [1.54, 1.807) is 6.08 Å². The van der Waals surface area contributed by atoms with Crippen LogP contribution in [0.5, 0.6) is 0 Å². The topological polar surface area (TPSA) is 12.4 Å². The van der Waals surface area contributed by atoms with E-state index in [1.807, 2.05) is 32.1 Å². The van der Waals surface area contributed by atoms with Gasteiger partial charge in [-0.15, -0.1) is 0 Å². The highest BCUT2D eigenvalue weighted by Gasteiger charge is 1.97. The van der Waals surface area contributed by atoms with Gasteiger partial charge < -0.3 is 0 Å². The fourth-order valence-electron chi connectivity index (χ4n) is 1.71. The summed E-state index contributed by atoms with van der Waals surface area (Å²) < 4.78 is 0. The van der Waals surface area contributed by atoms with Crippen molar-refractivity contribution in [2.24, 2.45) is 4.99 Å². The van der Waals surface area contributed by atoms with E-state index in [-0.39, 0.29) is 0 Å². The number of para-hydroxylation sites is 1. The Hall–Kier alpha value is -1.89. The molecule has 0 amide bonds. The Morgan fingerprint density at radius 2 is 1.94 bits per heavy atom. The zero-order valence-corrected chi connectivity index (χ0v) is 11.3. The molecule has 1 aromatic carbocycles. The maximum atomic E-state index is 4.66. The van der Waals surface area contributed by atoms with E-state index in [0.717, 1.165) is 23.9 Å². The zero-order valence-electron chi connectivity index (χ0n) is 11.3. The molecule has 18 heavy (non-hydrogen) atoms. The van der Waals surface area contributed by atoms with Gasteiger partial charge >= 0.3 is 0 Å². The van der Waals surface area contributed by atoms with Crippen LogP contribution in [0.2, 0.25) is 0 Å². The molecule has 1 aromatic rings. The molecule has 0 aliphatic carbocycles. The van der Waals surface area contributed by atoms with Crippen molar-refractivity contribution in [3.63, 3.8) is 0 Å². The second-order valence-corrected chi connectivity index (χ2v) is 3.69. The predicted octanol–water partition coefficient (Wildman–Crippen LogP) is 3.53. The van der Waals surface area contributed by atoms with Crippen molar-refractivity contribution in [1.29, 1.82) is 0 Å². The first-order valence-corrected chi connectivity index (χ1v) is 6.52. The second-order valence-electron chi connectivity index (χ2n) is 3.69. The SMILES string of the molecule is C=C/C=C\C=C1/CCC=c2ccccc2=N1.CC. The summed E-state index contributed by atoms with van der Waals surface area (Å²) in [4.78, 5) is 4.66. The summed E-state index contributed by atoms with van der Waals surface area (Å²) in [5, 5.41) is 2.30. The molecular weight excluding hydrogens is 218 g/mol. The molecule has 0 radical (unpaired) electrons. The van der Waals surface area contributed by atoms with Crippen LogP contribution >= 0.6 is 0 Å². The van der Waals surface area contributed by atoms with Crippen LogP contribution in [0.15, 0.2) is 65.8 Å². The minimum Gasteiger partial charge on any atom is -0.253 e. The molecule has 0 bridgehead atoms. The van der Waals surface area contributed by atoms with Crippen LogP contribution in [0.1, 0.15) is 26.7 Å². The molecule has 0 aromatic heterocycles. The molecule has 0 atom stereocenters. The molecule has 0 saturated heterocycles. The Labute approximate surface area is 110 Å². The van der Waals surface area contributed by atoms with Gasteiger partial charge in [0.1, 0.15) is 0 Å². The third-order valence-corrected chi connectivity index (χ3v) is 2.50. The summed E-state index contributed by atoms with van der Waals surface area (Å²) in [7, 11) is 0. The Morgan fingerprint density at radius 3 is 2.72 bits per heavy atom. The van der Waals surface area contributed by atoms with Crippen molar-refractivity contribution in [2.75, 3.05) is 0 Å². The number of hydrogen-bond donors (Lipinski definition) is 0. The summed E-state index contributed by atoms with van der Waals surface area (Å²) in [6, 6.07) is 8.25. The number of rotatable bonds is 2. The molecule has 1 aliphatic rings. The van der Waals surface area contributed by atoms with E-state index >= 15 is 0 Å². The van der Waals surface area contributed by atoms with Crippen LogP contribution in [-0.2, 0) is 0 Å². The van der Waals surface area contributed by atoms with Gasteiger partial charge in [-0.3, -0.25) is 4.99 Å². The molecule has 1 heterocycles. The third-order valence-electron chi connectivity index (χ3n) is 2.50. The van der Waals surface area contributed by atoms with Crippen LogP contribution in [0, 0.1) is 0 Å². The maximum Gasteiger partial charge on any atom is 0.0702 e. The van der Waals surface area contributed by atoms with Gasteiger partial charge in [-0.2, -0.15) is 0 Å². The van der Waals surface area contributed by atoms with Crippen molar-refractivity contribution >= 4 is 6.08 Å². The van der Waals surface area contributed by atoms with Crippen LogP contribution in [0.3, 0.4) is 0 Å². The van der Waals surface area contributed by atoms with Gasteiger partial charge in [0.05, 0.1) is 5.36 Å². The molecule has 2 rings (SSSR count). The molecule has 1 heteroatoms. The lowest BCUT2D eigenvalue weighted by Crippen LogP contribution is -2.22. The van der Waals surface area contributed by atoms with E-state index in [4.69, 9.17) is 0 Å². The van der Waals surface area contributed by atoms with Crippen LogP contribution in [0.25, 0.3) is 6.08 Å². The minimum absolute atomic E-state index is 0.996. The van der Waals surface area contributed by atoms with E-state index in [2.05, 4.69) is 41.9 Å². The quantitative estimate of drug-likeness (QED) is 0.700. The molecule has 0 N–H and O–H groups in total. The first-order valence-electron chi connectivity index (χ1n) is 6.52. The molecule has 0 spiro atoms. The van der Waals surface area contributed by atoms with Gasteiger partial charge in [0.25, 0.3) is 0 Å². The summed E-state index contributed by atoms with van der Waals surface area (Å²) in [5.74, 6) is 0. The first-order chi connectivity index (χ1) is 8.90. The maximum absolute atomic E-state index is 4.66. The molecule has 0 fully saturated rings. The van der Waals surface area contributed by atoms with Crippen LogP contribution < -0.4 is 10.6 Å². The lowest BCUT2D eigenvalue weighted by Gasteiger charge is -1.94. The molecule has 0 unspecified atom stereocenters. The van der Waals surface area contributed by atoms with Crippen molar-refractivity contribution in [2.45, 2.75) is 26.7 Å². The highest BCUT2D eigenvalue weighted by molar-refractivity contribution is 5.28. The fourth-order valence-corrected chi connectivity index (χ4v) is 1.71. The highest BCUT2D eigenvalue weighted by atomic mass is 14.7. The Bertz CT molecular complexity index is 547. The van der Waals surface area contributed by atoms with E-state index in [0.29, 0.717) is 0 Å². The third kappa shape index (κ3) is 4.17. The van der Waals surface area contributed by atoms with E-state index in [1.165, 1.54) is 5.22 Å². The van der Waals surface area contributed by atoms with Crippen molar-refractivity contribution < 1.29 is 0 Å². The monoisotopic (exact) mass is 239 g/mol. The molecule has 1 nitrogen and oxygen atoms in total. The van der Waals surface area contributed by atoms with Crippen molar-refractivity contribution in [3.05, 3.63) is 71.4 Å². The first kappa shape index (κ1) is 14.2. The number of nitrogens with zero attached hydrogens (tertiary/aromatic N) is 1. The van der Waals surface area contributed by atoms with Crippen LogP contribution in [0.4, 0.5) is 0 Å². The fraction of sp³-hybridized carbons (Fsp3) is 0.235. The number of hydrogen-bond acceptors (Lipinski definition) is 1. The lowest BCUT2D eigenvalue weighted by atomic mass is 10.2. The van der Waals surface area contributed by atoms with Gasteiger partial charge in [0, 0.05) is 5.70 Å². The van der Waals surface area contributed by atoms with Gasteiger partial charge in [0.15, 0.2) is 0 Å². The molecule has 94 valence electrons. The minimum atomic E-state index is 0.996. The summed E-state index contributed by atoms with van der Waals surface area (Å²) in [6.45, 7) is 7.64. The lowest BCUT2D eigenvalue weighted by molar-refractivity contribution is 0.985. The number of benzene rings is 1. The Morgan fingerprint density at radius 1 is 1.17 bits per heavy atom. The smallest absolute Gasteiger partial charge is 0.0702 e. The van der Waals surface area contributed by atoms with Crippen molar-refractivity contribution in [1.82, 2.24) is 0 Å². The zero-order chi connectivity index (χ0) is 13.2. The van der Waals surface area contributed by atoms with Crippen LogP contribution in [-0.4, -0.2) is 0 Å². The molecule has 0 saturated carbocycles. The summed E-state index contributed by atoms with van der Waals surface area (Å²) in [6.07, 6.45) is 12.0. The van der Waals surface area contributed by atoms with Gasteiger partial charge in [0.2, 0.25) is 0 Å². The number of fused-ring (bicyclic) bond motifs is 1. The Balaban J connectivity index is 0.000000771. The molecule has 1 aliphatic heterocycles. The average molecular weight is 239 g/mol. The predicted molar refractivity (Wildman–Crippen MR) is 79.7 cm³/mol. The highest BCUT2D eigenvalue weighted by Crippen LogP contribution is 2.08. The normalized spacial score (nSPS) is 15.8. The van der Waals surface area contributed by atoms with Gasteiger partial charge in [-0.25, -0.2) is 0 Å². The largest absolute Gasteiger partial charge is 0.253 e. The van der Waals surface area contributed by atoms with Gasteiger partial charge in [-0.1, -0.05) is 62.9 Å². The standard InChI is InChI=1S/C15H15N.C2H6/c1-2-3-4-10-14-11-7-9-13-8-5-6-12-15(13)16-14;1-2/h2-6,8-10,12H,1,7,11H2;1-2H3/b4-3-,14-10+;. The summed E-state index contributed by atoms with van der Waals surface area (Å²) >= 11 is 0. The van der Waals surface area contributed by atoms with Crippen molar-refractivity contribution in [3.8, 4) is 0 Å². The van der Waals surface area contributed by atoms with E-state index < -0.39 is 0 Å². The summed E-state index contributed by atoms with van der Waals surface area (Å²) in [5.41, 5.74) is 1.12. The molecular formula is C17H21N. The van der Waals surface area contributed by atoms with E-state index in [9.17, 15) is 0 Å². The van der Waals surface area contributed by atoms with Gasteiger partial charge in [-0.05, 0) is 30.2 Å². The Kier molecular flexibility index (Phi) is 6.49.